The maximum Gasteiger partial charge on any atom is 0.305 e. The molecule has 1 aromatic carbocycles. The molecule has 0 aliphatic rings. The van der Waals surface area contributed by atoms with Crippen molar-refractivity contribution in [1.29, 1.82) is 0 Å². The highest BCUT2D eigenvalue weighted by molar-refractivity contribution is 7.91. The average molecular weight is 320 g/mol. The molecule has 2 N–H and O–H groups in total. The predicted molar refractivity (Wildman–Crippen MR) is 80.1 cm³/mol. The molecule has 0 aliphatic carbocycles. The molecule has 7 heteroatoms. The van der Waals surface area contributed by atoms with Gasteiger partial charge in [-0.3, -0.25) is 4.79 Å². The molecule has 1 atom stereocenters. The fourth-order valence-electron chi connectivity index (χ4n) is 1.75. The van der Waals surface area contributed by atoms with Crippen LogP contribution in [0.3, 0.4) is 0 Å². The third-order valence-electron chi connectivity index (χ3n) is 2.73. The first-order chi connectivity index (χ1) is 9.43. The maximum absolute atomic E-state index is 11.6. The molecular formula is C13H18ClNO4S. The molecule has 0 fully saturated rings. The summed E-state index contributed by atoms with van der Waals surface area (Å²) in [7, 11) is -3.22. The van der Waals surface area contributed by atoms with Crippen molar-refractivity contribution in [2.24, 2.45) is 0 Å². The first-order valence-electron chi connectivity index (χ1n) is 6.23. The van der Waals surface area contributed by atoms with Crippen LogP contribution < -0.4 is 5.32 Å². The van der Waals surface area contributed by atoms with Crippen LogP contribution in [0.5, 0.6) is 0 Å². The molecular weight excluding hydrogens is 302 g/mol. The minimum atomic E-state index is -3.22. The number of para-hydroxylation sites is 1. The molecule has 0 radical (unpaired) electrons. The van der Waals surface area contributed by atoms with Crippen LogP contribution in [0, 0.1) is 0 Å². The van der Waals surface area contributed by atoms with Gasteiger partial charge < -0.3 is 10.4 Å². The fourth-order valence-corrected chi connectivity index (χ4v) is 3.54. The summed E-state index contributed by atoms with van der Waals surface area (Å²) in [5, 5.41) is 11.9. The number of aliphatic carboxylic acids is 1. The van der Waals surface area contributed by atoms with Gasteiger partial charge in [-0.05, 0) is 18.6 Å². The Hall–Kier alpha value is -1.27. The lowest BCUT2D eigenvalue weighted by Crippen LogP contribution is -2.27. The van der Waals surface area contributed by atoms with Crippen LogP contribution in [-0.2, 0) is 14.6 Å². The Morgan fingerprint density at radius 3 is 2.45 bits per heavy atom. The van der Waals surface area contributed by atoms with E-state index in [4.69, 9.17) is 16.7 Å². The minimum absolute atomic E-state index is 0.0536. The summed E-state index contributed by atoms with van der Waals surface area (Å²) in [5.74, 6) is -1.07. The van der Waals surface area contributed by atoms with Gasteiger partial charge in [0.25, 0.3) is 0 Å². The van der Waals surface area contributed by atoms with E-state index < -0.39 is 21.8 Å². The van der Waals surface area contributed by atoms with Crippen molar-refractivity contribution in [3.8, 4) is 0 Å². The Balaban J connectivity index is 2.63. The van der Waals surface area contributed by atoms with E-state index in [0.29, 0.717) is 0 Å². The predicted octanol–water partition coefficient (Wildman–Crippen LogP) is 1.99. The molecule has 5 nitrogen and oxygen atoms in total. The lowest BCUT2D eigenvalue weighted by Gasteiger charge is -2.18. The van der Waals surface area contributed by atoms with E-state index in [1.54, 1.807) is 0 Å². The van der Waals surface area contributed by atoms with Crippen molar-refractivity contribution in [2.75, 3.05) is 22.7 Å². The number of hydrogen-bond acceptors (Lipinski definition) is 4. The number of halogens is 1. The Kier molecular flexibility index (Phi) is 6.81. The van der Waals surface area contributed by atoms with Gasteiger partial charge in [-0.25, -0.2) is 8.42 Å². The van der Waals surface area contributed by atoms with Crippen LogP contribution in [0.25, 0.3) is 0 Å². The van der Waals surface area contributed by atoms with E-state index in [9.17, 15) is 13.2 Å². The van der Waals surface area contributed by atoms with Crippen LogP contribution in [0.15, 0.2) is 30.3 Å². The molecule has 0 saturated heterocycles. The smallest absolute Gasteiger partial charge is 0.305 e. The number of anilines is 1. The Morgan fingerprint density at radius 2 is 1.90 bits per heavy atom. The molecule has 20 heavy (non-hydrogen) atoms. The Bertz CT molecular complexity index is 518. The highest BCUT2D eigenvalue weighted by atomic mass is 35.5. The lowest BCUT2D eigenvalue weighted by atomic mass is 10.1. The first kappa shape index (κ1) is 16.8. The molecule has 0 heterocycles. The summed E-state index contributed by atoms with van der Waals surface area (Å²) < 4.78 is 23.2. The zero-order chi connectivity index (χ0) is 15.0. The number of rotatable bonds is 9. The number of hydrogen-bond donors (Lipinski definition) is 2. The monoisotopic (exact) mass is 319 g/mol. The van der Waals surface area contributed by atoms with Crippen molar-refractivity contribution in [1.82, 2.24) is 0 Å². The highest BCUT2D eigenvalue weighted by Crippen LogP contribution is 2.12. The third-order valence-corrected chi connectivity index (χ3v) is 4.83. The fraction of sp³-hybridized carbons (Fsp3) is 0.462. The van der Waals surface area contributed by atoms with E-state index in [1.807, 2.05) is 30.3 Å². The summed E-state index contributed by atoms with van der Waals surface area (Å²) in [6.45, 7) is 0. The number of alkyl halides is 1. The quantitative estimate of drug-likeness (QED) is 0.680. The number of carboxylic acid groups (broad SMARTS) is 1. The van der Waals surface area contributed by atoms with Crippen molar-refractivity contribution in [3.05, 3.63) is 30.3 Å². The van der Waals surface area contributed by atoms with E-state index in [2.05, 4.69) is 5.32 Å². The summed E-state index contributed by atoms with van der Waals surface area (Å²) in [4.78, 5) is 10.8. The second-order valence-electron chi connectivity index (χ2n) is 4.43. The van der Waals surface area contributed by atoms with Gasteiger partial charge in [0.1, 0.15) is 0 Å². The van der Waals surface area contributed by atoms with E-state index >= 15 is 0 Å². The highest BCUT2D eigenvalue weighted by Gasteiger charge is 2.17. The third kappa shape index (κ3) is 6.77. The molecule has 1 rings (SSSR count). The molecule has 112 valence electrons. The van der Waals surface area contributed by atoms with Crippen LogP contribution in [-0.4, -0.2) is 42.9 Å². The topological polar surface area (TPSA) is 83.5 Å². The van der Waals surface area contributed by atoms with Gasteiger partial charge in [-0.1, -0.05) is 18.2 Å². The number of carbonyl (C=O) groups is 1. The molecule has 0 amide bonds. The van der Waals surface area contributed by atoms with Crippen LogP contribution in [0.1, 0.15) is 12.8 Å². The molecule has 0 aliphatic heterocycles. The molecule has 1 aromatic rings. The number of benzene rings is 1. The van der Waals surface area contributed by atoms with Gasteiger partial charge in [0, 0.05) is 17.6 Å². The molecule has 1 unspecified atom stereocenters. The van der Waals surface area contributed by atoms with Gasteiger partial charge in [0.05, 0.1) is 17.9 Å². The van der Waals surface area contributed by atoms with Crippen molar-refractivity contribution >= 4 is 33.1 Å². The largest absolute Gasteiger partial charge is 0.481 e. The summed E-state index contributed by atoms with van der Waals surface area (Å²) >= 11 is 5.43. The van der Waals surface area contributed by atoms with Crippen LogP contribution >= 0.6 is 11.6 Å². The Morgan fingerprint density at radius 1 is 1.25 bits per heavy atom. The summed E-state index contributed by atoms with van der Waals surface area (Å²) in [5.41, 5.74) is 0.772. The summed E-state index contributed by atoms with van der Waals surface area (Å²) in [6.07, 6.45) is 0.103. The van der Waals surface area contributed by atoms with Gasteiger partial charge in [0.2, 0.25) is 0 Å². The normalized spacial score (nSPS) is 12.8. The van der Waals surface area contributed by atoms with Gasteiger partial charge in [0.15, 0.2) is 9.84 Å². The second-order valence-corrected chi connectivity index (χ2v) is 7.12. The molecule has 0 aromatic heterocycles. The number of carboxylic acids is 1. The van der Waals surface area contributed by atoms with Crippen LogP contribution in [0.4, 0.5) is 5.69 Å². The van der Waals surface area contributed by atoms with Gasteiger partial charge in [-0.2, -0.15) is 0 Å². The summed E-state index contributed by atoms with van der Waals surface area (Å²) in [6, 6.07) is 8.68. The average Bonchev–Trinajstić information content (AvgIpc) is 2.37. The lowest BCUT2D eigenvalue weighted by molar-refractivity contribution is -0.137. The van der Waals surface area contributed by atoms with E-state index in [1.165, 1.54) is 0 Å². The van der Waals surface area contributed by atoms with Crippen molar-refractivity contribution in [2.45, 2.75) is 18.9 Å². The van der Waals surface area contributed by atoms with E-state index in [-0.39, 0.29) is 30.2 Å². The standard InChI is InChI=1S/C13H18ClNO4S/c14-7-9-20(18,19)8-6-12(10-13(16)17)15-11-4-2-1-3-5-11/h1-5,12,15H,6-10H2,(H,16,17). The van der Waals surface area contributed by atoms with Crippen molar-refractivity contribution in [3.63, 3.8) is 0 Å². The number of nitrogens with one attached hydrogen (secondary N) is 1. The van der Waals surface area contributed by atoms with Crippen molar-refractivity contribution < 1.29 is 18.3 Å². The second kappa shape index (κ2) is 8.11. The maximum atomic E-state index is 11.6. The van der Waals surface area contributed by atoms with E-state index in [0.717, 1.165) is 5.69 Å². The molecule has 0 bridgehead atoms. The minimum Gasteiger partial charge on any atom is -0.481 e. The zero-order valence-corrected chi connectivity index (χ0v) is 12.5. The van der Waals surface area contributed by atoms with Gasteiger partial charge in [-0.15, -0.1) is 11.6 Å². The SMILES string of the molecule is O=C(O)CC(CCS(=O)(=O)CCCl)Nc1ccccc1. The first-order valence-corrected chi connectivity index (χ1v) is 8.58. The van der Waals surface area contributed by atoms with Crippen LogP contribution in [0.2, 0.25) is 0 Å². The molecule has 0 spiro atoms. The van der Waals surface area contributed by atoms with Gasteiger partial charge >= 0.3 is 5.97 Å². The molecule has 0 saturated carbocycles. The Labute approximate surface area is 123 Å². The number of sulfone groups is 1. The zero-order valence-electron chi connectivity index (χ0n) is 11.0.